The van der Waals surface area contributed by atoms with E-state index in [0.717, 1.165) is 6.07 Å². The molecule has 0 unspecified atom stereocenters. The number of methoxy groups -OCH3 is 1. The van der Waals surface area contributed by atoms with Gasteiger partial charge < -0.3 is 10.5 Å². The summed E-state index contributed by atoms with van der Waals surface area (Å²) in [5, 5.41) is 0. The largest absolute Gasteiger partial charge is 0.496 e. The van der Waals surface area contributed by atoms with Gasteiger partial charge in [-0.1, -0.05) is 6.07 Å². The summed E-state index contributed by atoms with van der Waals surface area (Å²) in [5.74, 6) is -0.289. The van der Waals surface area contributed by atoms with Gasteiger partial charge in [0.1, 0.15) is 11.6 Å². The Kier molecular flexibility index (Phi) is 3.96. The van der Waals surface area contributed by atoms with E-state index in [1.807, 2.05) is 0 Å². The van der Waals surface area contributed by atoms with Crippen LogP contribution in [0.1, 0.15) is 18.0 Å². The molecule has 5 heteroatoms. The van der Waals surface area contributed by atoms with Crippen molar-refractivity contribution < 1.29 is 17.9 Å². The molecule has 0 fully saturated rings. The Bertz CT molecular complexity index is 330. The second kappa shape index (κ2) is 5.02. The molecule has 1 aromatic carbocycles. The van der Waals surface area contributed by atoms with Crippen molar-refractivity contribution >= 4 is 0 Å². The highest BCUT2D eigenvalue weighted by Gasteiger charge is 2.17. The number of rotatable bonds is 4. The van der Waals surface area contributed by atoms with E-state index in [2.05, 4.69) is 0 Å². The summed E-state index contributed by atoms with van der Waals surface area (Å²) < 4.78 is 41.8. The number of alkyl halides is 2. The van der Waals surface area contributed by atoms with Crippen molar-refractivity contribution in [3.8, 4) is 5.75 Å². The summed E-state index contributed by atoms with van der Waals surface area (Å²) in [5.41, 5.74) is 5.93. The molecule has 0 saturated heterocycles. The lowest BCUT2D eigenvalue weighted by Crippen LogP contribution is -2.15. The van der Waals surface area contributed by atoms with E-state index in [4.69, 9.17) is 10.5 Å². The molecule has 0 aromatic heterocycles. The average molecular weight is 219 g/mol. The van der Waals surface area contributed by atoms with Crippen LogP contribution in [0.2, 0.25) is 0 Å². The number of nitrogens with two attached hydrogens (primary N) is 1. The van der Waals surface area contributed by atoms with E-state index in [1.165, 1.54) is 19.2 Å². The normalized spacial score (nSPS) is 12.9. The number of halogens is 3. The van der Waals surface area contributed by atoms with Gasteiger partial charge in [-0.3, -0.25) is 0 Å². The Morgan fingerprint density at radius 1 is 1.40 bits per heavy atom. The molecule has 1 atom stereocenters. The van der Waals surface area contributed by atoms with Gasteiger partial charge in [0.2, 0.25) is 6.43 Å². The van der Waals surface area contributed by atoms with Gasteiger partial charge in [-0.15, -0.1) is 0 Å². The molecular weight excluding hydrogens is 207 g/mol. The van der Waals surface area contributed by atoms with Crippen LogP contribution in [0.5, 0.6) is 5.75 Å². The van der Waals surface area contributed by atoms with Gasteiger partial charge >= 0.3 is 0 Å². The molecule has 0 radical (unpaired) electrons. The van der Waals surface area contributed by atoms with E-state index in [0.29, 0.717) is 5.56 Å². The third-order valence-electron chi connectivity index (χ3n) is 2.03. The highest BCUT2D eigenvalue weighted by Crippen LogP contribution is 2.27. The van der Waals surface area contributed by atoms with Crippen molar-refractivity contribution in [3.63, 3.8) is 0 Å². The van der Waals surface area contributed by atoms with Crippen molar-refractivity contribution in [2.24, 2.45) is 5.73 Å². The lowest BCUT2D eigenvalue weighted by molar-refractivity contribution is 0.128. The quantitative estimate of drug-likeness (QED) is 0.844. The van der Waals surface area contributed by atoms with E-state index in [-0.39, 0.29) is 5.75 Å². The molecule has 1 aromatic rings. The second-order valence-electron chi connectivity index (χ2n) is 3.12. The van der Waals surface area contributed by atoms with Crippen molar-refractivity contribution in [1.82, 2.24) is 0 Å². The zero-order valence-electron chi connectivity index (χ0n) is 8.21. The maximum atomic E-state index is 12.8. The fourth-order valence-corrected chi connectivity index (χ4v) is 1.31. The van der Waals surface area contributed by atoms with Crippen LogP contribution in [0.3, 0.4) is 0 Å². The minimum Gasteiger partial charge on any atom is -0.496 e. The first-order valence-electron chi connectivity index (χ1n) is 4.41. The molecule has 0 amide bonds. The molecule has 0 aliphatic rings. The van der Waals surface area contributed by atoms with Crippen molar-refractivity contribution in [2.45, 2.75) is 18.9 Å². The fourth-order valence-electron chi connectivity index (χ4n) is 1.31. The van der Waals surface area contributed by atoms with Crippen LogP contribution in [0.4, 0.5) is 13.2 Å². The summed E-state index contributed by atoms with van der Waals surface area (Å²) >= 11 is 0. The first-order valence-corrected chi connectivity index (χ1v) is 4.41. The number of benzene rings is 1. The summed E-state index contributed by atoms with van der Waals surface area (Å²) in [4.78, 5) is 0. The minimum atomic E-state index is -2.49. The lowest BCUT2D eigenvalue weighted by atomic mass is 10.0. The molecule has 0 aliphatic carbocycles. The first-order chi connectivity index (χ1) is 7.04. The molecule has 2 N–H and O–H groups in total. The Morgan fingerprint density at radius 2 is 2.07 bits per heavy atom. The third-order valence-corrected chi connectivity index (χ3v) is 2.03. The van der Waals surface area contributed by atoms with Crippen molar-refractivity contribution in [2.75, 3.05) is 7.11 Å². The number of ether oxygens (including phenoxy) is 1. The molecule has 0 heterocycles. The smallest absolute Gasteiger partial charge is 0.240 e. The van der Waals surface area contributed by atoms with Gasteiger partial charge in [0.05, 0.1) is 7.11 Å². The fraction of sp³-hybridized carbons (Fsp3) is 0.400. The topological polar surface area (TPSA) is 35.2 Å². The standard InChI is InChI=1S/C10H12F3NO/c1-15-9-4-6(11)2-3-7(9)8(14)5-10(12)13/h2-4,8,10H,5,14H2,1H3/t8-/m1/s1. The van der Waals surface area contributed by atoms with Crippen LogP contribution < -0.4 is 10.5 Å². The second-order valence-corrected chi connectivity index (χ2v) is 3.12. The van der Waals surface area contributed by atoms with Gasteiger partial charge in [0, 0.05) is 24.1 Å². The molecule has 0 bridgehead atoms. The Labute approximate surface area is 85.8 Å². The van der Waals surface area contributed by atoms with Crippen LogP contribution in [0.15, 0.2) is 18.2 Å². The Morgan fingerprint density at radius 3 is 2.60 bits per heavy atom. The van der Waals surface area contributed by atoms with Crippen molar-refractivity contribution in [3.05, 3.63) is 29.6 Å². The van der Waals surface area contributed by atoms with Gasteiger partial charge in [0.25, 0.3) is 0 Å². The minimum absolute atomic E-state index is 0.197. The van der Waals surface area contributed by atoms with Gasteiger partial charge in [-0.05, 0) is 6.07 Å². The zero-order chi connectivity index (χ0) is 11.4. The number of hydrogen-bond donors (Lipinski definition) is 1. The SMILES string of the molecule is COc1cc(F)ccc1[C@H](N)CC(F)F. The molecule has 1 rings (SSSR count). The molecule has 15 heavy (non-hydrogen) atoms. The maximum Gasteiger partial charge on any atom is 0.240 e. The van der Waals surface area contributed by atoms with Crippen LogP contribution in [-0.4, -0.2) is 13.5 Å². The molecular formula is C10H12F3NO. The van der Waals surface area contributed by atoms with E-state index < -0.39 is 24.7 Å². The summed E-state index contributed by atoms with van der Waals surface area (Å²) in [6, 6.07) is 2.81. The van der Waals surface area contributed by atoms with E-state index in [9.17, 15) is 13.2 Å². The summed E-state index contributed by atoms with van der Waals surface area (Å²) in [6.07, 6.45) is -2.96. The number of hydrogen-bond acceptors (Lipinski definition) is 2. The molecule has 84 valence electrons. The highest BCUT2D eigenvalue weighted by atomic mass is 19.3. The predicted molar refractivity (Wildman–Crippen MR) is 50.5 cm³/mol. The monoisotopic (exact) mass is 219 g/mol. The van der Waals surface area contributed by atoms with Crippen LogP contribution in [-0.2, 0) is 0 Å². The van der Waals surface area contributed by atoms with Crippen molar-refractivity contribution in [1.29, 1.82) is 0 Å². The van der Waals surface area contributed by atoms with Gasteiger partial charge in [0.15, 0.2) is 0 Å². The molecule has 2 nitrogen and oxygen atoms in total. The molecule has 0 saturated carbocycles. The average Bonchev–Trinajstić information content (AvgIpc) is 2.16. The Hall–Kier alpha value is -1.23. The van der Waals surface area contributed by atoms with E-state index >= 15 is 0 Å². The van der Waals surface area contributed by atoms with Gasteiger partial charge in [-0.2, -0.15) is 0 Å². The maximum absolute atomic E-state index is 12.8. The lowest BCUT2D eigenvalue weighted by Gasteiger charge is -2.15. The van der Waals surface area contributed by atoms with Crippen LogP contribution in [0.25, 0.3) is 0 Å². The highest BCUT2D eigenvalue weighted by molar-refractivity contribution is 5.36. The first kappa shape index (κ1) is 11.8. The molecule has 0 aliphatic heterocycles. The van der Waals surface area contributed by atoms with Crippen LogP contribution in [0, 0.1) is 5.82 Å². The molecule has 0 spiro atoms. The van der Waals surface area contributed by atoms with E-state index in [1.54, 1.807) is 0 Å². The predicted octanol–water partition coefficient (Wildman–Crippen LogP) is 2.49. The summed E-state index contributed by atoms with van der Waals surface area (Å²) in [7, 11) is 1.34. The Balaban J connectivity index is 2.92. The zero-order valence-corrected chi connectivity index (χ0v) is 8.21. The third kappa shape index (κ3) is 3.13. The van der Waals surface area contributed by atoms with Gasteiger partial charge in [-0.25, -0.2) is 13.2 Å². The summed E-state index contributed by atoms with van der Waals surface area (Å²) in [6.45, 7) is 0. The van der Waals surface area contributed by atoms with Crippen LogP contribution >= 0.6 is 0 Å².